The highest BCUT2D eigenvalue weighted by molar-refractivity contribution is 6.33. The number of anilines is 2. The van der Waals surface area contributed by atoms with Crippen LogP contribution in [0.25, 0.3) is 11.3 Å². The lowest BCUT2D eigenvalue weighted by Gasteiger charge is -2.10. The molecule has 0 aliphatic carbocycles. The van der Waals surface area contributed by atoms with E-state index < -0.39 is 6.10 Å². The summed E-state index contributed by atoms with van der Waals surface area (Å²) in [6.07, 6.45) is 2.69. The molecule has 2 heterocycles. The Bertz CT molecular complexity index is 915. The van der Waals surface area contributed by atoms with Gasteiger partial charge in [0.25, 0.3) is 5.91 Å². The van der Waals surface area contributed by atoms with Gasteiger partial charge in [-0.2, -0.15) is 0 Å². The molecule has 0 aliphatic heterocycles. The maximum Gasteiger partial charge on any atom is 0.257 e. The number of aliphatic hydroxyl groups excluding tert-OH is 1. The summed E-state index contributed by atoms with van der Waals surface area (Å²) in [4.78, 5) is 20.9. The van der Waals surface area contributed by atoms with Crippen molar-refractivity contribution in [2.45, 2.75) is 13.0 Å². The quantitative estimate of drug-likeness (QED) is 0.603. The molecular formula is C20H19ClN4O2. The maximum absolute atomic E-state index is 12.5. The summed E-state index contributed by atoms with van der Waals surface area (Å²) in [5.41, 5.74) is 2.51. The van der Waals surface area contributed by atoms with Crippen LogP contribution in [0.5, 0.6) is 0 Å². The van der Waals surface area contributed by atoms with Gasteiger partial charge in [-0.05, 0) is 49.4 Å². The van der Waals surface area contributed by atoms with Gasteiger partial charge in [0, 0.05) is 30.2 Å². The number of rotatable bonds is 6. The Balaban J connectivity index is 1.72. The van der Waals surface area contributed by atoms with E-state index in [1.54, 1.807) is 43.5 Å². The molecule has 0 bridgehead atoms. The van der Waals surface area contributed by atoms with E-state index in [9.17, 15) is 9.90 Å². The van der Waals surface area contributed by atoms with Crippen LogP contribution in [0, 0.1) is 0 Å². The highest BCUT2D eigenvalue weighted by atomic mass is 35.5. The van der Waals surface area contributed by atoms with Crippen molar-refractivity contribution in [1.29, 1.82) is 0 Å². The Hall–Kier alpha value is -2.96. The lowest BCUT2D eigenvalue weighted by molar-refractivity contribution is 0.102. The Kier molecular flexibility index (Phi) is 6.01. The number of nitrogens with one attached hydrogen (secondary N) is 2. The zero-order valence-corrected chi connectivity index (χ0v) is 15.4. The van der Waals surface area contributed by atoms with Crippen LogP contribution in [0.3, 0.4) is 0 Å². The lowest BCUT2D eigenvalue weighted by Crippen LogP contribution is -2.16. The van der Waals surface area contributed by atoms with Crippen LogP contribution in [0.1, 0.15) is 17.3 Å². The number of hydrogen-bond acceptors (Lipinski definition) is 5. The highest BCUT2D eigenvalue weighted by Gasteiger charge is 2.10. The number of halogens is 1. The van der Waals surface area contributed by atoms with Gasteiger partial charge >= 0.3 is 0 Å². The summed E-state index contributed by atoms with van der Waals surface area (Å²) in [5, 5.41) is 15.7. The van der Waals surface area contributed by atoms with Crippen molar-refractivity contribution in [2.24, 2.45) is 0 Å². The Labute approximate surface area is 162 Å². The van der Waals surface area contributed by atoms with Gasteiger partial charge < -0.3 is 15.7 Å². The van der Waals surface area contributed by atoms with Gasteiger partial charge in [0.1, 0.15) is 5.82 Å². The fourth-order valence-corrected chi connectivity index (χ4v) is 2.62. The molecule has 3 N–H and O–H groups in total. The summed E-state index contributed by atoms with van der Waals surface area (Å²) in [6.45, 7) is 2.07. The first-order chi connectivity index (χ1) is 13.0. The van der Waals surface area contributed by atoms with Crippen LogP contribution < -0.4 is 10.6 Å². The maximum atomic E-state index is 12.5. The van der Waals surface area contributed by atoms with Crippen LogP contribution in [-0.4, -0.2) is 33.6 Å². The third kappa shape index (κ3) is 5.03. The fraction of sp³-hybridized carbons (Fsp3) is 0.150. The van der Waals surface area contributed by atoms with Crippen molar-refractivity contribution < 1.29 is 9.90 Å². The lowest BCUT2D eigenvalue weighted by atomic mass is 10.1. The number of hydrogen-bond donors (Lipinski definition) is 3. The molecular weight excluding hydrogens is 364 g/mol. The SMILES string of the molecule is C[C@H](O)CNc1ccc(C(=O)Nc2ccc(Cl)c(-c3ccccn3)c2)cn1. The highest BCUT2D eigenvalue weighted by Crippen LogP contribution is 2.29. The zero-order valence-electron chi connectivity index (χ0n) is 14.7. The van der Waals surface area contributed by atoms with Gasteiger partial charge in [0.15, 0.2) is 0 Å². The van der Waals surface area contributed by atoms with Crippen LogP contribution >= 0.6 is 11.6 Å². The minimum atomic E-state index is -0.479. The molecule has 0 saturated heterocycles. The Morgan fingerprint density at radius 3 is 2.70 bits per heavy atom. The third-order valence-electron chi connectivity index (χ3n) is 3.77. The monoisotopic (exact) mass is 382 g/mol. The first-order valence-electron chi connectivity index (χ1n) is 8.43. The van der Waals surface area contributed by atoms with Crippen LogP contribution in [0.15, 0.2) is 60.9 Å². The minimum Gasteiger partial charge on any atom is -0.392 e. The first kappa shape index (κ1) is 18.8. The second kappa shape index (κ2) is 8.62. The van der Waals surface area contributed by atoms with E-state index in [2.05, 4.69) is 20.6 Å². The van der Waals surface area contributed by atoms with Crippen LogP contribution in [0.2, 0.25) is 5.02 Å². The number of benzene rings is 1. The van der Waals surface area contributed by atoms with Gasteiger partial charge in [-0.15, -0.1) is 0 Å². The molecule has 0 aliphatic rings. The average Bonchev–Trinajstić information content (AvgIpc) is 2.69. The van der Waals surface area contributed by atoms with Gasteiger partial charge in [0.2, 0.25) is 0 Å². The summed E-state index contributed by atoms with van der Waals surface area (Å²) < 4.78 is 0. The van der Waals surface area contributed by atoms with Crippen molar-refractivity contribution >= 4 is 29.0 Å². The van der Waals surface area contributed by atoms with E-state index in [0.717, 1.165) is 11.3 Å². The summed E-state index contributed by atoms with van der Waals surface area (Å²) in [6, 6.07) is 14.2. The summed E-state index contributed by atoms with van der Waals surface area (Å²) in [7, 11) is 0. The molecule has 6 nitrogen and oxygen atoms in total. The molecule has 0 radical (unpaired) electrons. The van der Waals surface area contributed by atoms with E-state index in [4.69, 9.17) is 11.6 Å². The minimum absolute atomic E-state index is 0.279. The van der Waals surface area contributed by atoms with Crippen molar-refractivity contribution in [3.8, 4) is 11.3 Å². The molecule has 138 valence electrons. The predicted octanol–water partition coefficient (Wildman–Crippen LogP) is 3.84. The standard InChI is InChI=1S/C20H19ClN4O2/c1-13(26)11-23-19-8-5-14(12-24-19)20(27)25-15-6-7-17(21)16(10-15)18-4-2-3-9-22-18/h2-10,12-13,26H,11H2,1H3,(H,23,24)(H,25,27)/t13-/m0/s1. The van der Waals surface area contributed by atoms with Crippen LogP contribution in [-0.2, 0) is 0 Å². The van der Waals surface area contributed by atoms with Gasteiger partial charge in [-0.3, -0.25) is 9.78 Å². The predicted molar refractivity (Wildman–Crippen MR) is 107 cm³/mol. The molecule has 0 unspecified atom stereocenters. The number of carbonyl (C=O) groups is 1. The number of pyridine rings is 2. The Morgan fingerprint density at radius 2 is 2.04 bits per heavy atom. The average molecular weight is 383 g/mol. The number of carbonyl (C=O) groups excluding carboxylic acids is 1. The van der Waals surface area contributed by atoms with Crippen molar-refractivity contribution in [3.05, 3.63) is 71.5 Å². The molecule has 0 saturated carbocycles. The van der Waals surface area contributed by atoms with Gasteiger partial charge in [-0.25, -0.2) is 4.98 Å². The molecule has 27 heavy (non-hydrogen) atoms. The van der Waals surface area contributed by atoms with E-state index in [-0.39, 0.29) is 5.91 Å². The molecule has 1 aromatic carbocycles. The van der Waals surface area contributed by atoms with Gasteiger partial charge in [-0.1, -0.05) is 17.7 Å². The van der Waals surface area contributed by atoms with Crippen molar-refractivity contribution in [3.63, 3.8) is 0 Å². The topological polar surface area (TPSA) is 87.1 Å². The van der Waals surface area contributed by atoms with E-state index >= 15 is 0 Å². The van der Waals surface area contributed by atoms with E-state index in [1.807, 2.05) is 18.2 Å². The second-order valence-corrected chi connectivity index (χ2v) is 6.43. The molecule has 1 amide bonds. The summed E-state index contributed by atoms with van der Waals surface area (Å²) in [5.74, 6) is 0.315. The number of aliphatic hydroxyl groups is 1. The first-order valence-corrected chi connectivity index (χ1v) is 8.81. The third-order valence-corrected chi connectivity index (χ3v) is 4.10. The number of nitrogens with zero attached hydrogens (tertiary/aromatic N) is 2. The number of aromatic nitrogens is 2. The molecule has 3 rings (SSSR count). The largest absolute Gasteiger partial charge is 0.392 e. The molecule has 3 aromatic rings. The van der Waals surface area contributed by atoms with E-state index in [1.165, 1.54) is 6.20 Å². The smallest absolute Gasteiger partial charge is 0.257 e. The summed E-state index contributed by atoms with van der Waals surface area (Å²) >= 11 is 6.27. The van der Waals surface area contributed by atoms with Crippen molar-refractivity contribution in [1.82, 2.24) is 9.97 Å². The Morgan fingerprint density at radius 1 is 1.19 bits per heavy atom. The van der Waals surface area contributed by atoms with Crippen molar-refractivity contribution in [2.75, 3.05) is 17.2 Å². The fourth-order valence-electron chi connectivity index (χ4n) is 2.41. The molecule has 0 spiro atoms. The second-order valence-electron chi connectivity index (χ2n) is 6.03. The molecule has 1 atom stereocenters. The van der Waals surface area contributed by atoms with E-state index in [0.29, 0.717) is 28.6 Å². The molecule has 2 aromatic heterocycles. The van der Waals surface area contributed by atoms with Crippen LogP contribution in [0.4, 0.5) is 11.5 Å². The zero-order chi connectivity index (χ0) is 19.2. The molecule has 0 fully saturated rings. The van der Waals surface area contributed by atoms with Gasteiger partial charge in [0.05, 0.1) is 22.4 Å². The molecule has 7 heteroatoms. The normalized spacial score (nSPS) is 11.7. The number of amides is 1.